The van der Waals surface area contributed by atoms with Crippen LogP contribution in [0, 0.1) is 25.2 Å². The van der Waals surface area contributed by atoms with Crippen molar-refractivity contribution in [2.24, 2.45) is 0 Å². The SMILES string of the molecule is COc1ccc(Cl)cc1C(=O)NC(=S)Nc1sc(C)c(C)c1C#N. The molecule has 5 nitrogen and oxygen atoms in total. The highest BCUT2D eigenvalue weighted by Crippen LogP contribution is 2.31. The number of carbonyl (C=O) groups excluding carboxylic acids is 1. The summed E-state index contributed by atoms with van der Waals surface area (Å²) in [5, 5.41) is 15.8. The molecule has 1 heterocycles. The number of anilines is 1. The van der Waals surface area contributed by atoms with E-state index in [2.05, 4.69) is 16.7 Å². The number of halogens is 1. The first-order valence-electron chi connectivity index (χ1n) is 6.83. The van der Waals surface area contributed by atoms with E-state index in [-0.39, 0.29) is 10.7 Å². The minimum absolute atomic E-state index is 0.0970. The van der Waals surface area contributed by atoms with Crippen LogP contribution in [0.15, 0.2) is 18.2 Å². The van der Waals surface area contributed by atoms with Gasteiger partial charge in [-0.25, -0.2) is 0 Å². The number of rotatable bonds is 3. The summed E-state index contributed by atoms with van der Waals surface area (Å²) in [6.45, 7) is 3.79. The largest absolute Gasteiger partial charge is 0.496 e. The Kier molecular flexibility index (Phi) is 5.78. The van der Waals surface area contributed by atoms with Crippen LogP contribution in [0.25, 0.3) is 0 Å². The van der Waals surface area contributed by atoms with E-state index >= 15 is 0 Å². The van der Waals surface area contributed by atoms with E-state index in [1.54, 1.807) is 12.1 Å². The summed E-state index contributed by atoms with van der Waals surface area (Å²) in [7, 11) is 1.47. The molecule has 0 aliphatic rings. The highest BCUT2D eigenvalue weighted by molar-refractivity contribution is 7.80. The average molecular weight is 380 g/mol. The van der Waals surface area contributed by atoms with Crippen molar-refractivity contribution in [3.05, 3.63) is 44.8 Å². The highest BCUT2D eigenvalue weighted by Gasteiger charge is 2.17. The van der Waals surface area contributed by atoms with Crippen LogP contribution in [0.5, 0.6) is 5.75 Å². The van der Waals surface area contributed by atoms with E-state index in [0.717, 1.165) is 10.4 Å². The molecule has 0 aliphatic heterocycles. The van der Waals surface area contributed by atoms with Crippen molar-refractivity contribution in [1.29, 1.82) is 5.26 Å². The molecule has 0 radical (unpaired) electrons. The smallest absolute Gasteiger partial charge is 0.261 e. The first-order valence-corrected chi connectivity index (χ1v) is 8.43. The van der Waals surface area contributed by atoms with Crippen molar-refractivity contribution in [1.82, 2.24) is 5.32 Å². The number of methoxy groups -OCH3 is 1. The summed E-state index contributed by atoms with van der Waals surface area (Å²) in [6, 6.07) is 6.87. The Hall–Kier alpha value is -2.14. The molecule has 2 N–H and O–H groups in total. The molecule has 124 valence electrons. The van der Waals surface area contributed by atoms with Crippen molar-refractivity contribution in [3.63, 3.8) is 0 Å². The van der Waals surface area contributed by atoms with E-state index in [4.69, 9.17) is 28.6 Å². The Labute approximate surface area is 154 Å². The average Bonchev–Trinajstić information content (AvgIpc) is 2.80. The van der Waals surface area contributed by atoms with Gasteiger partial charge in [-0.05, 0) is 49.8 Å². The first kappa shape index (κ1) is 18.2. The normalized spacial score (nSPS) is 9.96. The Morgan fingerprint density at radius 3 is 2.75 bits per heavy atom. The number of hydrogen-bond donors (Lipinski definition) is 2. The maximum Gasteiger partial charge on any atom is 0.261 e. The number of amides is 1. The number of nitrogens with one attached hydrogen (secondary N) is 2. The highest BCUT2D eigenvalue weighted by atomic mass is 35.5. The summed E-state index contributed by atoms with van der Waals surface area (Å²) in [4.78, 5) is 13.4. The van der Waals surface area contributed by atoms with Crippen LogP contribution >= 0.6 is 35.2 Å². The van der Waals surface area contributed by atoms with Crippen molar-refractivity contribution in [3.8, 4) is 11.8 Å². The molecule has 2 rings (SSSR count). The van der Waals surface area contributed by atoms with Crippen LogP contribution in [-0.2, 0) is 0 Å². The maximum atomic E-state index is 12.4. The van der Waals surface area contributed by atoms with Gasteiger partial charge in [0.2, 0.25) is 0 Å². The van der Waals surface area contributed by atoms with Gasteiger partial charge in [0, 0.05) is 9.90 Å². The molecule has 0 saturated carbocycles. The van der Waals surface area contributed by atoms with Gasteiger partial charge >= 0.3 is 0 Å². The lowest BCUT2D eigenvalue weighted by Gasteiger charge is -2.11. The standard InChI is InChI=1S/C16H14ClN3O2S2/c1-8-9(2)24-15(12(8)7-18)20-16(23)19-14(21)11-6-10(17)4-5-13(11)22-3/h4-6H,1-3H3,(H2,19,20,21,23). The van der Waals surface area contributed by atoms with Crippen molar-refractivity contribution < 1.29 is 9.53 Å². The zero-order chi connectivity index (χ0) is 17.9. The minimum atomic E-state index is -0.449. The molecule has 24 heavy (non-hydrogen) atoms. The number of nitriles is 1. The minimum Gasteiger partial charge on any atom is -0.496 e. The number of ether oxygens (including phenoxy) is 1. The van der Waals surface area contributed by atoms with Crippen LogP contribution < -0.4 is 15.4 Å². The molecule has 0 saturated heterocycles. The third kappa shape index (κ3) is 3.85. The zero-order valence-electron chi connectivity index (χ0n) is 13.2. The van der Waals surface area contributed by atoms with Crippen molar-refractivity contribution in [2.45, 2.75) is 13.8 Å². The predicted octanol–water partition coefficient (Wildman–Crippen LogP) is 4.03. The number of carbonyl (C=O) groups is 1. The molecule has 2 aromatic rings. The Balaban J connectivity index is 2.16. The summed E-state index contributed by atoms with van der Waals surface area (Å²) < 4.78 is 5.15. The number of aryl methyl sites for hydroxylation is 1. The summed E-state index contributed by atoms with van der Waals surface area (Å²) in [5.41, 5.74) is 1.69. The molecule has 0 spiro atoms. The fraction of sp³-hybridized carbons (Fsp3) is 0.188. The monoisotopic (exact) mass is 379 g/mol. The van der Waals surface area contributed by atoms with Gasteiger partial charge in [0.1, 0.15) is 16.8 Å². The molecule has 0 bridgehead atoms. The number of thiocarbonyl (C=S) groups is 1. The van der Waals surface area contributed by atoms with Gasteiger partial charge in [0.15, 0.2) is 5.11 Å². The lowest BCUT2D eigenvalue weighted by atomic mass is 10.2. The van der Waals surface area contributed by atoms with E-state index < -0.39 is 5.91 Å². The molecule has 0 unspecified atom stereocenters. The van der Waals surface area contributed by atoms with Crippen molar-refractivity contribution in [2.75, 3.05) is 12.4 Å². The molecule has 8 heteroatoms. The Morgan fingerprint density at radius 2 is 2.12 bits per heavy atom. The zero-order valence-corrected chi connectivity index (χ0v) is 15.6. The van der Waals surface area contributed by atoms with Crippen molar-refractivity contribution >= 4 is 51.2 Å². The van der Waals surface area contributed by atoms with E-state index in [9.17, 15) is 10.1 Å². The second kappa shape index (κ2) is 7.62. The number of hydrogen-bond acceptors (Lipinski definition) is 5. The van der Waals surface area contributed by atoms with Crippen LogP contribution in [0.2, 0.25) is 5.02 Å². The molecule has 1 aromatic carbocycles. The second-order valence-electron chi connectivity index (χ2n) is 4.85. The number of benzene rings is 1. The molecular formula is C16H14ClN3O2S2. The van der Waals surface area contributed by atoms with Gasteiger partial charge in [-0.15, -0.1) is 11.3 Å². The third-order valence-electron chi connectivity index (χ3n) is 3.36. The first-order chi connectivity index (χ1) is 11.4. The van der Waals surface area contributed by atoms with Crippen LogP contribution in [0.4, 0.5) is 5.00 Å². The van der Waals surface area contributed by atoms with Crippen LogP contribution in [0.3, 0.4) is 0 Å². The summed E-state index contributed by atoms with van der Waals surface area (Å²) in [6.07, 6.45) is 0. The van der Waals surface area contributed by atoms with E-state index in [1.807, 2.05) is 13.8 Å². The molecule has 1 amide bonds. The van der Waals surface area contributed by atoms with Gasteiger partial charge in [-0.3, -0.25) is 10.1 Å². The van der Waals surface area contributed by atoms with E-state index in [1.165, 1.54) is 24.5 Å². The van der Waals surface area contributed by atoms with Crippen LogP contribution in [-0.4, -0.2) is 18.1 Å². The summed E-state index contributed by atoms with van der Waals surface area (Å²) in [5.74, 6) is -0.0596. The number of nitrogens with zero attached hydrogens (tertiary/aromatic N) is 1. The maximum absolute atomic E-state index is 12.4. The molecular weight excluding hydrogens is 366 g/mol. The van der Waals surface area contributed by atoms with Gasteiger partial charge in [0.25, 0.3) is 5.91 Å². The third-order valence-corrected chi connectivity index (χ3v) is 4.92. The van der Waals surface area contributed by atoms with Gasteiger partial charge in [-0.1, -0.05) is 11.6 Å². The van der Waals surface area contributed by atoms with Gasteiger partial charge in [-0.2, -0.15) is 5.26 Å². The van der Waals surface area contributed by atoms with E-state index in [0.29, 0.717) is 21.3 Å². The Bertz CT molecular complexity index is 856. The molecule has 1 aromatic heterocycles. The molecule has 0 fully saturated rings. The van der Waals surface area contributed by atoms with Crippen LogP contribution in [0.1, 0.15) is 26.4 Å². The van der Waals surface area contributed by atoms with Gasteiger partial charge < -0.3 is 10.1 Å². The predicted molar refractivity (Wildman–Crippen MR) is 100 cm³/mol. The summed E-state index contributed by atoms with van der Waals surface area (Å²) >= 11 is 12.5. The molecule has 0 atom stereocenters. The number of thiophene rings is 1. The second-order valence-corrected chi connectivity index (χ2v) is 6.92. The fourth-order valence-corrected chi connectivity index (χ4v) is 3.46. The lowest BCUT2D eigenvalue weighted by molar-refractivity contribution is 0.0975. The molecule has 0 aliphatic carbocycles. The lowest BCUT2D eigenvalue weighted by Crippen LogP contribution is -2.34. The Morgan fingerprint density at radius 1 is 1.42 bits per heavy atom. The topological polar surface area (TPSA) is 74.2 Å². The quantitative estimate of drug-likeness (QED) is 0.787. The fourth-order valence-electron chi connectivity index (χ4n) is 2.01. The van der Waals surface area contributed by atoms with Gasteiger partial charge in [0.05, 0.1) is 18.2 Å².